The van der Waals surface area contributed by atoms with E-state index in [9.17, 15) is 5.11 Å². The van der Waals surface area contributed by atoms with E-state index in [2.05, 4.69) is 21.2 Å². The number of nitrogens with one attached hydrogen (secondary N) is 1. The Morgan fingerprint density at radius 2 is 2.00 bits per heavy atom. The highest BCUT2D eigenvalue weighted by atomic mass is 79.9. The van der Waals surface area contributed by atoms with E-state index >= 15 is 0 Å². The zero-order chi connectivity index (χ0) is 12.3. The minimum Gasteiger partial charge on any atom is -0.508 e. The Kier molecular flexibility index (Phi) is 3.92. The van der Waals surface area contributed by atoms with E-state index in [0.29, 0.717) is 11.6 Å². The second kappa shape index (κ2) is 5.43. The van der Waals surface area contributed by atoms with Gasteiger partial charge in [-0.05, 0) is 36.4 Å². The van der Waals surface area contributed by atoms with E-state index in [1.54, 1.807) is 12.1 Å². The summed E-state index contributed by atoms with van der Waals surface area (Å²) in [7, 11) is 0. The van der Waals surface area contributed by atoms with Crippen molar-refractivity contribution >= 4 is 33.2 Å². The van der Waals surface area contributed by atoms with E-state index in [0.717, 1.165) is 15.7 Å². The molecule has 0 bridgehead atoms. The van der Waals surface area contributed by atoms with Gasteiger partial charge < -0.3 is 10.4 Å². The predicted molar refractivity (Wildman–Crippen MR) is 74.6 cm³/mol. The van der Waals surface area contributed by atoms with E-state index in [1.165, 1.54) is 0 Å². The molecule has 0 unspecified atom stereocenters. The predicted octanol–water partition coefficient (Wildman–Crippen LogP) is 4.42. The molecule has 2 aromatic rings. The summed E-state index contributed by atoms with van der Waals surface area (Å²) in [5, 5.41) is 13.6. The Hall–Kier alpha value is -1.19. The summed E-state index contributed by atoms with van der Waals surface area (Å²) in [5.41, 5.74) is 1.76. The molecule has 0 radical (unpaired) electrons. The third-order valence-corrected chi connectivity index (χ3v) is 3.08. The zero-order valence-electron chi connectivity index (χ0n) is 8.95. The van der Waals surface area contributed by atoms with Crippen molar-refractivity contribution in [2.45, 2.75) is 6.54 Å². The zero-order valence-corrected chi connectivity index (χ0v) is 11.3. The van der Waals surface area contributed by atoms with Crippen molar-refractivity contribution in [1.29, 1.82) is 0 Å². The summed E-state index contributed by atoms with van der Waals surface area (Å²) in [6, 6.07) is 12.8. The lowest BCUT2D eigenvalue weighted by Crippen LogP contribution is -1.99. The van der Waals surface area contributed by atoms with Crippen LogP contribution in [0.3, 0.4) is 0 Å². The molecule has 0 heterocycles. The molecule has 0 atom stereocenters. The second-order valence-electron chi connectivity index (χ2n) is 3.64. The Bertz CT molecular complexity index is 531. The highest BCUT2D eigenvalue weighted by molar-refractivity contribution is 9.10. The Morgan fingerprint density at radius 1 is 1.18 bits per heavy atom. The molecule has 0 fully saturated rings. The van der Waals surface area contributed by atoms with Crippen molar-refractivity contribution in [2.75, 3.05) is 5.32 Å². The van der Waals surface area contributed by atoms with Gasteiger partial charge in [0.2, 0.25) is 0 Å². The molecule has 2 nitrogen and oxygen atoms in total. The summed E-state index contributed by atoms with van der Waals surface area (Å²) >= 11 is 9.26. The molecule has 0 aliphatic carbocycles. The number of phenolic OH excluding ortho intramolecular Hbond substituents is 1. The fourth-order valence-corrected chi connectivity index (χ4v) is 2.09. The molecule has 2 N–H and O–H groups in total. The quantitative estimate of drug-likeness (QED) is 0.879. The summed E-state index contributed by atoms with van der Waals surface area (Å²) in [6.07, 6.45) is 0. The van der Waals surface area contributed by atoms with E-state index in [1.807, 2.05) is 30.3 Å². The van der Waals surface area contributed by atoms with Crippen LogP contribution in [0, 0.1) is 0 Å². The van der Waals surface area contributed by atoms with Crippen LogP contribution in [-0.2, 0) is 6.54 Å². The molecule has 0 saturated heterocycles. The van der Waals surface area contributed by atoms with Crippen LogP contribution in [-0.4, -0.2) is 5.11 Å². The molecule has 88 valence electrons. The molecule has 0 aliphatic rings. The van der Waals surface area contributed by atoms with Crippen LogP contribution in [0.1, 0.15) is 5.56 Å². The number of hydrogen-bond donors (Lipinski definition) is 2. The maximum atomic E-state index is 9.68. The van der Waals surface area contributed by atoms with Gasteiger partial charge in [0.25, 0.3) is 0 Å². The molecule has 17 heavy (non-hydrogen) atoms. The normalized spacial score (nSPS) is 10.2. The standard InChI is InChI=1S/C13H11BrClNO/c14-10-4-5-13(17)9(6-10)8-16-12-3-1-2-11(15)7-12/h1-7,16-17H,8H2. The Balaban J connectivity index is 2.09. The van der Waals surface area contributed by atoms with Crippen LogP contribution in [0.25, 0.3) is 0 Å². The van der Waals surface area contributed by atoms with Crippen LogP contribution < -0.4 is 5.32 Å². The van der Waals surface area contributed by atoms with Crippen LogP contribution >= 0.6 is 27.5 Å². The highest BCUT2D eigenvalue weighted by Gasteiger charge is 2.02. The largest absolute Gasteiger partial charge is 0.508 e. The Morgan fingerprint density at radius 3 is 2.76 bits per heavy atom. The van der Waals surface area contributed by atoms with Gasteiger partial charge in [0, 0.05) is 27.3 Å². The lowest BCUT2D eigenvalue weighted by atomic mass is 10.2. The summed E-state index contributed by atoms with van der Waals surface area (Å²) in [5.74, 6) is 0.280. The SMILES string of the molecule is Oc1ccc(Br)cc1CNc1cccc(Cl)c1. The van der Waals surface area contributed by atoms with Crippen LogP contribution in [0.5, 0.6) is 5.75 Å². The van der Waals surface area contributed by atoms with Gasteiger partial charge in [-0.1, -0.05) is 33.6 Å². The van der Waals surface area contributed by atoms with Gasteiger partial charge >= 0.3 is 0 Å². The first-order chi connectivity index (χ1) is 8.15. The third-order valence-electron chi connectivity index (χ3n) is 2.35. The topological polar surface area (TPSA) is 32.3 Å². The molecular weight excluding hydrogens is 302 g/mol. The first kappa shape index (κ1) is 12.3. The number of anilines is 1. The monoisotopic (exact) mass is 311 g/mol. The molecule has 0 spiro atoms. The maximum Gasteiger partial charge on any atom is 0.120 e. The summed E-state index contributed by atoms with van der Waals surface area (Å²) < 4.78 is 0.943. The molecule has 2 aromatic carbocycles. The second-order valence-corrected chi connectivity index (χ2v) is 4.99. The summed E-state index contributed by atoms with van der Waals surface area (Å²) in [6.45, 7) is 0.547. The lowest BCUT2D eigenvalue weighted by Gasteiger charge is -2.08. The molecule has 0 saturated carbocycles. The van der Waals surface area contributed by atoms with Gasteiger partial charge in [0.05, 0.1) is 0 Å². The van der Waals surface area contributed by atoms with Crippen molar-refractivity contribution in [1.82, 2.24) is 0 Å². The van der Waals surface area contributed by atoms with Gasteiger partial charge in [-0.2, -0.15) is 0 Å². The number of halogens is 2. The van der Waals surface area contributed by atoms with Crippen molar-refractivity contribution in [3.63, 3.8) is 0 Å². The minimum absolute atomic E-state index is 0.280. The van der Waals surface area contributed by atoms with Crippen LogP contribution in [0.4, 0.5) is 5.69 Å². The molecule has 4 heteroatoms. The van der Waals surface area contributed by atoms with Crippen molar-refractivity contribution < 1.29 is 5.11 Å². The van der Waals surface area contributed by atoms with Crippen molar-refractivity contribution in [2.24, 2.45) is 0 Å². The van der Waals surface area contributed by atoms with Gasteiger partial charge in [-0.25, -0.2) is 0 Å². The summed E-state index contributed by atoms with van der Waals surface area (Å²) in [4.78, 5) is 0. The fourth-order valence-electron chi connectivity index (χ4n) is 1.49. The number of aromatic hydroxyl groups is 1. The molecule has 0 amide bonds. The molecule has 0 aromatic heterocycles. The minimum atomic E-state index is 0.280. The lowest BCUT2D eigenvalue weighted by molar-refractivity contribution is 0.469. The third kappa shape index (κ3) is 3.38. The van der Waals surface area contributed by atoms with Crippen molar-refractivity contribution in [3.05, 3.63) is 57.5 Å². The molecule has 0 aliphatic heterocycles. The number of phenols is 1. The van der Waals surface area contributed by atoms with E-state index in [4.69, 9.17) is 11.6 Å². The molecule has 2 rings (SSSR count). The average molecular weight is 313 g/mol. The van der Waals surface area contributed by atoms with Gasteiger partial charge in [0.15, 0.2) is 0 Å². The smallest absolute Gasteiger partial charge is 0.120 e. The fraction of sp³-hybridized carbons (Fsp3) is 0.0769. The van der Waals surface area contributed by atoms with Gasteiger partial charge in [-0.15, -0.1) is 0 Å². The Labute approximate surface area is 113 Å². The highest BCUT2D eigenvalue weighted by Crippen LogP contribution is 2.23. The van der Waals surface area contributed by atoms with Gasteiger partial charge in [-0.3, -0.25) is 0 Å². The maximum absolute atomic E-state index is 9.68. The van der Waals surface area contributed by atoms with Crippen molar-refractivity contribution in [3.8, 4) is 5.75 Å². The first-order valence-electron chi connectivity index (χ1n) is 5.12. The number of hydrogen-bond acceptors (Lipinski definition) is 2. The molecular formula is C13H11BrClNO. The van der Waals surface area contributed by atoms with Crippen LogP contribution in [0.15, 0.2) is 46.9 Å². The number of rotatable bonds is 3. The number of benzene rings is 2. The van der Waals surface area contributed by atoms with E-state index in [-0.39, 0.29) is 5.75 Å². The van der Waals surface area contributed by atoms with E-state index < -0.39 is 0 Å². The van der Waals surface area contributed by atoms with Gasteiger partial charge in [0.1, 0.15) is 5.75 Å². The first-order valence-corrected chi connectivity index (χ1v) is 6.29. The van der Waals surface area contributed by atoms with Crippen LogP contribution in [0.2, 0.25) is 5.02 Å². The average Bonchev–Trinajstić information content (AvgIpc) is 2.30.